The van der Waals surface area contributed by atoms with Crippen LogP contribution in [0.2, 0.25) is 0 Å². The number of hydrogen-bond donors (Lipinski definition) is 0. The van der Waals surface area contributed by atoms with Gasteiger partial charge in [-0.25, -0.2) is 0 Å². The summed E-state index contributed by atoms with van der Waals surface area (Å²) in [5, 5.41) is 0.867. The lowest BCUT2D eigenvalue weighted by Crippen LogP contribution is -2.38. The molecule has 1 fully saturated rings. The lowest BCUT2D eigenvalue weighted by molar-refractivity contribution is 0.0743. The highest BCUT2D eigenvalue weighted by atomic mass is 79.9. The zero-order valence-corrected chi connectivity index (χ0v) is 13.9. The molecule has 0 spiro atoms. The molecular formula is C12H15Br2NOS. The molecule has 1 aromatic rings. The van der Waals surface area contributed by atoms with Gasteiger partial charge in [-0.3, -0.25) is 4.79 Å². The van der Waals surface area contributed by atoms with Gasteiger partial charge in [0.1, 0.15) is 0 Å². The molecule has 1 aliphatic rings. The number of nitrogens with zero attached hydrogens (tertiary/aromatic N) is 1. The molecule has 0 N–H and O–H groups in total. The topological polar surface area (TPSA) is 20.3 Å². The fraction of sp³-hybridized carbons (Fsp3) is 0.583. The number of aryl methyl sites for hydroxylation is 1. The molecule has 0 bridgehead atoms. The Kier molecular flexibility index (Phi) is 4.31. The van der Waals surface area contributed by atoms with Gasteiger partial charge < -0.3 is 4.90 Å². The average molecular weight is 381 g/mol. The van der Waals surface area contributed by atoms with E-state index in [1.54, 1.807) is 0 Å². The minimum absolute atomic E-state index is 0.178. The highest BCUT2D eigenvalue weighted by Gasteiger charge is 2.34. The third kappa shape index (κ3) is 2.61. The van der Waals surface area contributed by atoms with Crippen LogP contribution < -0.4 is 0 Å². The van der Waals surface area contributed by atoms with E-state index in [4.69, 9.17) is 0 Å². The largest absolute Gasteiger partial charge is 0.334 e. The van der Waals surface area contributed by atoms with Crippen LogP contribution >= 0.6 is 43.2 Å². The summed E-state index contributed by atoms with van der Waals surface area (Å²) in [4.78, 5) is 15.3. The Labute approximate surface area is 123 Å². The van der Waals surface area contributed by atoms with Gasteiger partial charge in [-0.2, -0.15) is 0 Å². The number of carbonyl (C=O) groups excluding carboxylic acids is 1. The first-order valence-corrected chi connectivity index (χ1v) is 8.40. The van der Waals surface area contributed by atoms with Gasteiger partial charge in [-0.05, 0) is 46.8 Å². The minimum Gasteiger partial charge on any atom is -0.334 e. The van der Waals surface area contributed by atoms with Gasteiger partial charge in [0.15, 0.2) is 0 Å². The number of thiophene rings is 1. The van der Waals surface area contributed by atoms with Crippen LogP contribution in [0.25, 0.3) is 0 Å². The summed E-state index contributed by atoms with van der Waals surface area (Å²) in [6.45, 7) is 5.12. The Morgan fingerprint density at radius 1 is 1.65 bits per heavy atom. The van der Waals surface area contributed by atoms with Crippen molar-refractivity contribution in [3.8, 4) is 0 Å². The molecule has 94 valence electrons. The van der Waals surface area contributed by atoms with Crippen molar-refractivity contribution in [1.29, 1.82) is 0 Å². The van der Waals surface area contributed by atoms with Crippen molar-refractivity contribution in [1.82, 2.24) is 4.90 Å². The molecule has 0 aromatic carbocycles. The summed E-state index contributed by atoms with van der Waals surface area (Å²) < 4.78 is 1.06. The molecule has 2 rings (SSSR count). The molecule has 2 nitrogen and oxygen atoms in total. The summed E-state index contributed by atoms with van der Waals surface area (Å²) in [5.74, 6) is 0.764. The summed E-state index contributed by atoms with van der Waals surface area (Å²) in [7, 11) is 0. The van der Waals surface area contributed by atoms with Gasteiger partial charge in [0, 0.05) is 17.9 Å². The van der Waals surface area contributed by atoms with E-state index >= 15 is 0 Å². The Balaban J connectivity index is 2.20. The van der Waals surface area contributed by atoms with E-state index in [1.807, 2.05) is 17.9 Å². The lowest BCUT2D eigenvalue weighted by atomic mass is 10.1. The third-order valence-electron chi connectivity index (χ3n) is 3.37. The molecule has 2 unspecified atom stereocenters. The van der Waals surface area contributed by atoms with Crippen molar-refractivity contribution in [3.63, 3.8) is 0 Å². The SMILES string of the molecule is Cc1cc(C(=O)N2CCC(C)C2CBr)sc1Br. The van der Waals surface area contributed by atoms with Crippen LogP contribution in [0, 0.1) is 12.8 Å². The first-order valence-electron chi connectivity index (χ1n) is 5.67. The zero-order chi connectivity index (χ0) is 12.6. The van der Waals surface area contributed by atoms with E-state index in [0.29, 0.717) is 12.0 Å². The van der Waals surface area contributed by atoms with E-state index in [2.05, 4.69) is 38.8 Å². The summed E-state index contributed by atoms with van der Waals surface area (Å²) in [5.41, 5.74) is 1.14. The van der Waals surface area contributed by atoms with Crippen molar-refractivity contribution in [3.05, 3.63) is 20.3 Å². The maximum Gasteiger partial charge on any atom is 0.264 e. The second kappa shape index (κ2) is 5.41. The zero-order valence-electron chi connectivity index (χ0n) is 9.87. The molecule has 0 radical (unpaired) electrons. The molecule has 1 aliphatic heterocycles. The first kappa shape index (κ1) is 13.6. The lowest BCUT2D eigenvalue weighted by Gasteiger charge is -2.24. The fourth-order valence-electron chi connectivity index (χ4n) is 2.20. The first-order chi connectivity index (χ1) is 8.04. The molecule has 0 aliphatic carbocycles. The molecule has 1 amide bonds. The van der Waals surface area contributed by atoms with Crippen LogP contribution in [0.15, 0.2) is 9.85 Å². The van der Waals surface area contributed by atoms with Crippen molar-refractivity contribution < 1.29 is 4.79 Å². The van der Waals surface area contributed by atoms with Crippen molar-refractivity contribution in [2.75, 3.05) is 11.9 Å². The Bertz CT molecular complexity index is 413. The molecule has 1 saturated heterocycles. The number of carbonyl (C=O) groups is 1. The maximum absolute atomic E-state index is 12.4. The number of amides is 1. The number of rotatable bonds is 2. The number of hydrogen-bond acceptors (Lipinski definition) is 2. The van der Waals surface area contributed by atoms with Gasteiger partial charge >= 0.3 is 0 Å². The molecule has 1 aromatic heterocycles. The second-order valence-corrected chi connectivity index (χ2v) is 7.57. The van der Waals surface area contributed by atoms with Crippen LogP contribution in [0.4, 0.5) is 0 Å². The molecule has 5 heteroatoms. The molecule has 2 heterocycles. The second-order valence-electron chi connectivity index (χ2n) is 4.55. The highest BCUT2D eigenvalue weighted by Crippen LogP contribution is 2.32. The smallest absolute Gasteiger partial charge is 0.264 e. The van der Waals surface area contributed by atoms with E-state index < -0.39 is 0 Å². The van der Waals surface area contributed by atoms with Gasteiger partial charge in [-0.15, -0.1) is 11.3 Å². The van der Waals surface area contributed by atoms with Gasteiger partial charge in [0.2, 0.25) is 0 Å². The van der Waals surface area contributed by atoms with Crippen LogP contribution in [-0.2, 0) is 0 Å². The van der Waals surface area contributed by atoms with Crippen LogP contribution in [0.3, 0.4) is 0 Å². The van der Waals surface area contributed by atoms with E-state index in [0.717, 1.165) is 32.5 Å². The normalized spacial score (nSPS) is 24.4. The monoisotopic (exact) mass is 379 g/mol. The van der Waals surface area contributed by atoms with Crippen molar-refractivity contribution in [2.24, 2.45) is 5.92 Å². The Morgan fingerprint density at radius 2 is 2.35 bits per heavy atom. The minimum atomic E-state index is 0.178. The predicted octanol–water partition coefficient (Wildman–Crippen LogP) is 4.06. The predicted molar refractivity (Wildman–Crippen MR) is 79.2 cm³/mol. The van der Waals surface area contributed by atoms with Crippen molar-refractivity contribution >= 4 is 49.1 Å². The molecule has 17 heavy (non-hydrogen) atoms. The van der Waals surface area contributed by atoms with Crippen LogP contribution in [0.5, 0.6) is 0 Å². The summed E-state index contributed by atoms with van der Waals surface area (Å²) >= 11 is 8.53. The van der Waals surface area contributed by atoms with Gasteiger partial charge in [0.05, 0.1) is 8.66 Å². The molecular weight excluding hydrogens is 366 g/mol. The van der Waals surface area contributed by atoms with Gasteiger partial charge in [-0.1, -0.05) is 22.9 Å². The maximum atomic E-state index is 12.4. The third-order valence-corrected chi connectivity index (χ3v) is 6.16. The highest BCUT2D eigenvalue weighted by molar-refractivity contribution is 9.11. The van der Waals surface area contributed by atoms with Crippen molar-refractivity contribution in [2.45, 2.75) is 26.3 Å². The Morgan fingerprint density at radius 3 is 2.88 bits per heavy atom. The Hall–Kier alpha value is 0.130. The molecule has 2 atom stereocenters. The van der Waals surface area contributed by atoms with Gasteiger partial charge in [0.25, 0.3) is 5.91 Å². The number of alkyl halides is 1. The van der Waals surface area contributed by atoms with E-state index in [9.17, 15) is 4.79 Å². The average Bonchev–Trinajstić information content (AvgIpc) is 2.82. The van der Waals surface area contributed by atoms with Crippen LogP contribution in [-0.4, -0.2) is 28.7 Å². The number of likely N-dealkylation sites (tertiary alicyclic amines) is 1. The molecule has 0 saturated carbocycles. The summed E-state index contributed by atoms with van der Waals surface area (Å²) in [6.07, 6.45) is 1.10. The fourth-order valence-corrected chi connectivity index (χ4v) is 4.68. The summed E-state index contributed by atoms with van der Waals surface area (Å²) in [6, 6.07) is 2.31. The van der Waals surface area contributed by atoms with Crippen LogP contribution in [0.1, 0.15) is 28.6 Å². The van der Waals surface area contributed by atoms with E-state index in [1.165, 1.54) is 11.3 Å². The standard InChI is InChI=1S/C12H15Br2NOS/c1-7-3-4-15(9(7)6-13)12(16)10-5-8(2)11(14)17-10/h5,7,9H,3-4,6H2,1-2H3. The van der Waals surface area contributed by atoms with E-state index in [-0.39, 0.29) is 5.91 Å². The quantitative estimate of drug-likeness (QED) is 0.708. The number of halogens is 2.